The molecule has 0 unspecified atom stereocenters. The number of ether oxygens (including phenoxy) is 1. The first-order valence-electron chi connectivity index (χ1n) is 10.0. The Morgan fingerprint density at radius 1 is 0.963 bits per heavy atom. The molecule has 2 N–H and O–H groups in total. The van der Waals surface area contributed by atoms with Gasteiger partial charge in [-0.1, -0.05) is 30.9 Å². The predicted molar refractivity (Wildman–Crippen MR) is 107 cm³/mol. The van der Waals surface area contributed by atoms with Crippen molar-refractivity contribution < 1.29 is 14.3 Å². The fraction of sp³-hybridized carbons (Fsp3) is 0.619. The summed E-state index contributed by atoms with van der Waals surface area (Å²) in [5.74, 6) is 0.705. The molecule has 5 nitrogen and oxygen atoms in total. The third-order valence-electron chi connectivity index (χ3n) is 5.84. The highest BCUT2D eigenvalue weighted by Gasteiger charge is 2.31. The Morgan fingerprint density at radius 3 is 2.22 bits per heavy atom. The first-order chi connectivity index (χ1) is 13.1. The highest BCUT2D eigenvalue weighted by molar-refractivity contribution is 6.31. The molecule has 6 heteroatoms. The average molecular weight is 393 g/mol. The maximum atomic E-state index is 12.6. The lowest BCUT2D eigenvalue weighted by Gasteiger charge is -2.30. The van der Waals surface area contributed by atoms with Gasteiger partial charge in [0.1, 0.15) is 5.75 Å². The van der Waals surface area contributed by atoms with E-state index in [9.17, 15) is 9.59 Å². The lowest BCUT2D eigenvalue weighted by Crippen LogP contribution is -2.41. The summed E-state index contributed by atoms with van der Waals surface area (Å²) < 4.78 is 5.28. The zero-order chi connectivity index (χ0) is 19.2. The van der Waals surface area contributed by atoms with Crippen LogP contribution in [0.15, 0.2) is 18.2 Å². The maximum absolute atomic E-state index is 12.6. The number of halogens is 1. The van der Waals surface area contributed by atoms with Crippen molar-refractivity contribution in [3.8, 4) is 5.75 Å². The molecule has 2 amide bonds. The SMILES string of the molecule is COc1ccc(Cl)cc1NC(=O)C1CCC(C(=O)NC2CCCCC2)CC1. The summed E-state index contributed by atoms with van der Waals surface area (Å²) in [5.41, 5.74) is 0.590. The average Bonchev–Trinajstić information content (AvgIpc) is 2.69. The molecule has 0 atom stereocenters. The summed E-state index contributed by atoms with van der Waals surface area (Å²) >= 11 is 6.03. The van der Waals surface area contributed by atoms with Gasteiger partial charge in [-0.3, -0.25) is 9.59 Å². The van der Waals surface area contributed by atoms with Crippen molar-refractivity contribution in [2.24, 2.45) is 11.8 Å². The summed E-state index contributed by atoms with van der Waals surface area (Å²) in [6, 6.07) is 5.51. The van der Waals surface area contributed by atoms with Gasteiger partial charge in [-0.2, -0.15) is 0 Å². The van der Waals surface area contributed by atoms with E-state index in [4.69, 9.17) is 16.3 Å². The minimum absolute atomic E-state index is 0.0262. The molecule has 0 heterocycles. The number of benzene rings is 1. The molecule has 2 aliphatic rings. The van der Waals surface area contributed by atoms with E-state index in [0.29, 0.717) is 22.5 Å². The molecule has 27 heavy (non-hydrogen) atoms. The maximum Gasteiger partial charge on any atom is 0.227 e. The second kappa shape index (κ2) is 9.45. The van der Waals surface area contributed by atoms with Crippen LogP contribution in [0.25, 0.3) is 0 Å². The molecular weight excluding hydrogens is 364 g/mol. The van der Waals surface area contributed by atoms with Crippen LogP contribution >= 0.6 is 11.6 Å². The van der Waals surface area contributed by atoms with Gasteiger partial charge in [0.05, 0.1) is 12.8 Å². The van der Waals surface area contributed by atoms with Gasteiger partial charge >= 0.3 is 0 Å². The number of hydrogen-bond acceptors (Lipinski definition) is 3. The van der Waals surface area contributed by atoms with Crippen LogP contribution in [0.2, 0.25) is 5.02 Å². The van der Waals surface area contributed by atoms with Crippen LogP contribution in [0.3, 0.4) is 0 Å². The summed E-state index contributed by atoms with van der Waals surface area (Å²) in [5, 5.41) is 6.71. The fourth-order valence-electron chi connectivity index (χ4n) is 4.20. The van der Waals surface area contributed by atoms with Crippen LogP contribution in [0.4, 0.5) is 5.69 Å². The van der Waals surface area contributed by atoms with E-state index in [2.05, 4.69) is 10.6 Å². The highest BCUT2D eigenvalue weighted by Crippen LogP contribution is 2.33. The molecule has 0 bridgehead atoms. The van der Waals surface area contributed by atoms with E-state index in [1.807, 2.05) is 0 Å². The van der Waals surface area contributed by atoms with Crippen LogP contribution in [-0.4, -0.2) is 25.0 Å². The van der Waals surface area contributed by atoms with Gasteiger partial charge in [-0.15, -0.1) is 0 Å². The zero-order valence-corrected chi connectivity index (χ0v) is 16.7. The Morgan fingerprint density at radius 2 is 1.59 bits per heavy atom. The monoisotopic (exact) mass is 392 g/mol. The smallest absolute Gasteiger partial charge is 0.227 e. The standard InChI is InChI=1S/C21H29ClN2O3/c1-27-19-12-11-16(22)13-18(19)24-21(26)15-9-7-14(8-10-15)20(25)23-17-5-3-2-4-6-17/h11-15,17H,2-10H2,1H3,(H,23,25)(H,24,26). The van der Waals surface area contributed by atoms with Crippen LogP contribution in [0.5, 0.6) is 5.75 Å². The Labute approximate surface area is 166 Å². The lowest BCUT2D eigenvalue weighted by molar-refractivity contribution is -0.129. The zero-order valence-electron chi connectivity index (χ0n) is 15.9. The van der Waals surface area contributed by atoms with E-state index < -0.39 is 0 Å². The number of rotatable bonds is 5. The van der Waals surface area contributed by atoms with Crippen LogP contribution in [0.1, 0.15) is 57.8 Å². The van der Waals surface area contributed by atoms with Gasteiger partial charge in [0.25, 0.3) is 0 Å². The van der Waals surface area contributed by atoms with Gasteiger partial charge < -0.3 is 15.4 Å². The van der Waals surface area contributed by atoms with Crippen LogP contribution in [-0.2, 0) is 9.59 Å². The molecule has 2 aliphatic carbocycles. The van der Waals surface area contributed by atoms with Gasteiger partial charge in [-0.05, 0) is 56.7 Å². The number of hydrogen-bond donors (Lipinski definition) is 2. The molecule has 1 aromatic rings. The van der Waals surface area contributed by atoms with E-state index >= 15 is 0 Å². The molecule has 0 aliphatic heterocycles. The third-order valence-corrected chi connectivity index (χ3v) is 6.07. The van der Waals surface area contributed by atoms with Crippen molar-refractivity contribution in [3.63, 3.8) is 0 Å². The molecular formula is C21H29ClN2O3. The van der Waals surface area contributed by atoms with Crippen LogP contribution in [0, 0.1) is 11.8 Å². The van der Waals surface area contributed by atoms with Crippen molar-refractivity contribution in [1.82, 2.24) is 5.32 Å². The first kappa shape index (κ1) is 20.0. The Hall–Kier alpha value is -1.75. The number of carbonyl (C=O) groups excluding carboxylic acids is 2. The van der Waals surface area contributed by atoms with E-state index in [1.165, 1.54) is 19.3 Å². The number of amides is 2. The lowest BCUT2D eigenvalue weighted by atomic mass is 9.80. The minimum atomic E-state index is -0.0765. The van der Waals surface area contributed by atoms with Gasteiger partial charge in [0, 0.05) is 22.9 Å². The predicted octanol–water partition coefficient (Wildman–Crippen LogP) is 4.54. The number of carbonyl (C=O) groups is 2. The topological polar surface area (TPSA) is 67.4 Å². The molecule has 0 spiro atoms. The van der Waals surface area contributed by atoms with E-state index in [0.717, 1.165) is 38.5 Å². The van der Waals surface area contributed by atoms with E-state index in [-0.39, 0.29) is 23.7 Å². The minimum Gasteiger partial charge on any atom is -0.495 e. The quantitative estimate of drug-likeness (QED) is 0.772. The van der Waals surface area contributed by atoms with Gasteiger partial charge in [0.15, 0.2) is 0 Å². The number of nitrogens with one attached hydrogen (secondary N) is 2. The van der Waals surface area contributed by atoms with Crippen molar-refractivity contribution in [2.45, 2.75) is 63.8 Å². The van der Waals surface area contributed by atoms with E-state index in [1.54, 1.807) is 25.3 Å². The second-order valence-corrected chi connectivity index (χ2v) is 8.16. The number of anilines is 1. The summed E-state index contributed by atoms with van der Waals surface area (Å²) in [7, 11) is 1.56. The molecule has 1 aromatic carbocycles. The van der Waals surface area contributed by atoms with Crippen molar-refractivity contribution in [1.29, 1.82) is 0 Å². The molecule has 2 fully saturated rings. The molecule has 0 saturated heterocycles. The van der Waals surface area contributed by atoms with Gasteiger partial charge in [0.2, 0.25) is 11.8 Å². The Bertz CT molecular complexity index is 665. The summed E-state index contributed by atoms with van der Waals surface area (Å²) in [6.07, 6.45) is 8.91. The number of methoxy groups -OCH3 is 1. The van der Waals surface area contributed by atoms with Gasteiger partial charge in [-0.25, -0.2) is 0 Å². The Balaban J connectivity index is 1.49. The van der Waals surface area contributed by atoms with Crippen molar-refractivity contribution >= 4 is 29.1 Å². The van der Waals surface area contributed by atoms with Crippen molar-refractivity contribution in [2.75, 3.05) is 12.4 Å². The second-order valence-electron chi connectivity index (χ2n) is 7.73. The molecule has 0 aromatic heterocycles. The molecule has 148 valence electrons. The van der Waals surface area contributed by atoms with Crippen LogP contribution < -0.4 is 15.4 Å². The summed E-state index contributed by atoms with van der Waals surface area (Å²) in [6.45, 7) is 0. The first-order valence-corrected chi connectivity index (χ1v) is 10.4. The fourth-order valence-corrected chi connectivity index (χ4v) is 4.37. The highest BCUT2D eigenvalue weighted by atomic mass is 35.5. The summed E-state index contributed by atoms with van der Waals surface area (Å²) in [4.78, 5) is 25.1. The molecule has 0 radical (unpaired) electrons. The normalized spacial score (nSPS) is 23.5. The van der Waals surface area contributed by atoms with Crippen molar-refractivity contribution in [3.05, 3.63) is 23.2 Å². The third kappa shape index (κ3) is 5.38. The largest absolute Gasteiger partial charge is 0.495 e. The molecule has 2 saturated carbocycles. The molecule has 3 rings (SSSR count). The Kier molecular flexibility index (Phi) is 7.00.